The van der Waals surface area contributed by atoms with Gasteiger partial charge in [0, 0.05) is 24.4 Å². The molecule has 1 atom stereocenters. The van der Waals surface area contributed by atoms with E-state index in [1.807, 2.05) is 13.8 Å². The molecular formula is C13H20N2O4. The van der Waals surface area contributed by atoms with Crippen molar-refractivity contribution in [3.63, 3.8) is 0 Å². The fourth-order valence-electron chi connectivity index (χ4n) is 1.77. The first-order valence-corrected chi connectivity index (χ1v) is 6.17. The maximum Gasteiger partial charge on any atom is 0.275 e. The number of aliphatic hydroxyl groups is 1. The summed E-state index contributed by atoms with van der Waals surface area (Å²) >= 11 is 0. The summed E-state index contributed by atoms with van der Waals surface area (Å²) in [6.07, 6.45) is 0.198. The van der Waals surface area contributed by atoms with Gasteiger partial charge < -0.3 is 15.2 Å². The van der Waals surface area contributed by atoms with E-state index in [-0.39, 0.29) is 5.69 Å². The summed E-state index contributed by atoms with van der Waals surface area (Å²) in [5.41, 5.74) is 0.522. The molecule has 0 saturated heterocycles. The molecule has 106 valence electrons. The first kappa shape index (κ1) is 15.2. The van der Waals surface area contributed by atoms with E-state index in [0.717, 1.165) is 0 Å². The Morgan fingerprint density at radius 2 is 2.11 bits per heavy atom. The number of anilines is 1. The Morgan fingerprint density at radius 3 is 2.63 bits per heavy atom. The number of methoxy groups -OCH3 is 1. The van der Waals surface area contributed by atoms with Gasteiger partial charge in [0.2, 0.25) is 0 Å². The van der Waals surface area contributed by atoms with Crippen LogP contribution in [0.25, 0.3) is 0 Å². The molecule has 0 radical (unpaired) electrons. The zero-order chi connectivity index (χ0) is 14.4. The van der Waals surface area contributed by atoms with E-state index in [4.69, 9.17) is 4.74 Å². The number of benzene rings is 1. The van der Waals surface area contributed by atoms with Gasteiger partial charge in [-0.05, 0) is 12.3 Å². The van der Waals surface area contributed by atoms with Crippen molar-refractivity contribution < 1.29 is 14.8 Å². The molecule has 0 fully saturated rings. The maximum atomic E-state index is 10.8. The molecule has 0 aromatic heterocycles. The van der Waals surface area contributed by atoms with Crippen LogP contribution in [-0.2, 0) is 0 Å². The van der Waals surface area contributed by atoms with E-state index >= 15 is 0 Å². The summed E-state index contributed by atoms with van der Waals surface area (Å²) in [6, 6.07) is 4.44. The molecule has 6 nitrogen and oxygen atoms in total. The number of non-ortho nitro benzene ring substituents is 1. The average molecular weight is 268 g/mol. The lowest BCUT2D eigenvalue weighted by atomic mass is 10.1. The minimum atomic E-state index is -0.481. The van der Waals surface area contributed by atoms with Crippen molar-refractivity contribution in [3.05, 3.63) is 28.3 Å². The molecule has 0 bridgehead atoms. The number of nitrogens with zero attached hydrogens (tertiary/aromatic N) is 1. The summed E-state index contributed by atoms with van der Waals surface area (Å²) in [4.78, 5) is 10.3. The van der Waals surface area contributed by atoms with Crippen LogP contribution in [0.15, 0.2) is 18.2 Å². The highest BCUT2D eigenvalue weighted by Gasteiger charge is 2.12. The third kappa shape index (κ3) is 5.13. The smallest absolute Gasteiger partial charge is 0.275 e. The van der Waals surface area contributed by atoms with E-state index in [9.17, 15) is 15.2 Å². The molecule has 0 aliphatic carbocycles. The molecule has 0 saturated carbocycles. The van der Waals surface area contributed by atoms with Crippen LogP contribution in [0, 0.1) is 16.0 Å². The number of hydrogen-bond acceptors (Lipinski definition) is 5. The summed E-state index contributed by atoms with van der Waals surface area (Å²) in [7, 11) is 1.45. The van der Waals surface area contributed by atoms with Gasteiger partial charge in [0.1, 0.15) is 5.75 Å². The molecule has 0 heterocycles. The quantitative estimate of drug-likeness (QED) is 0.586. The molecule has 1 aromatic rings. The average Bonchev–Trinajstić information content (AvgIpc) is 2.35. The van der Waals surface area contributed by atoms with Gasteiger partial charge in [0.05, 0.1) is 24.2 Å². The first-order chi connectivity index (χ1) is 8.92. The topological polar surface area (TPSA) is 84.6 Å². The van der Waals surface area contributed by atoms with Crippen molar-refractivity contribution in [1.29, 1.82) is 0 Å². The zero-order valence-corrected chi connectivity index (χ0v) is 11.4. The van der Waals surface area contributed by atoms with Gasteiger partial charge in [-0.25, -0.2) is 0 Å². The molecule has 0 amide bonds. The molecular weight excluding hydrogens is 248 g/mol. The van der Waals surface area contributed by atoms with Crippen LogP contribution in [0.4, 0.5) is 11.4 Å². The summed E-state index contributed by atoms with van der Waals surface area (Å²) in [5, 5.41) is 23.5. The van der Waals surface area contributed by atoms with Gasteiger partial charge in [-0.2, -0.15) is 0 Å². The molecule has 0 spiro atoms. The molecule has 6 heteroatoms. The second kappa shape index (κ2) is 6.94. The van der Waals surface area contributed by atoms with E-state index < -0.39 is 11.0 Å². The number of ether oxygens (including phenoxy) is 1. The second-order valence-corrected chi connectivity index (χ2v) is 4.84. The standard InChI is InChI=1S/C13H20N2O4/c1-9(2)4-12(16)8-14-10-5-11(15(17)18)7-13(6-10)19-3/h5-7,9,12,14,16H,4,8H2,1-3H3. The number of rotatable bonds is 7. The molecule has 19 heavy (non-hydrogen) atoms. The van der Waals surface area contributed by atoms with Crippen LogP contribution < -0.4 is 10.1 Å². The predicted octanol–water partition coefficient (Wildman–Crippen LogP) is 2.42. The van der Waals surface area contributed by atoms with Gasteiger partial charge in [-0.15, -0.1) is 0 Å². The molecule has 1 unspecified atom stereocenters. The fourth-order valence-corrected chi connectivity index (χ4v) is 1.77. The largest absolute Gasteiger partial charge is 0.496 e. The number of aliphatic hydroxyl groups excluding tert-OH is 1. The molecule has 0 aliphatic heterocycles. The van der Waals surface area contributed by atoms with E-state index in [2.05, 4.69) is 5.32 Å². The summed E-state index contributed by atoms with van der Waals surface area (Å²) in [6.45, 7) is 4.40. The Labute approximate surface area is 112 Å². The van der Waals surface area contributed by atoms with Crippen LogP contribution in [0.1, 0.15) is 20.3 Å². The highest BCUT2D eigenvalue weighted by atomic mass is 16.6. The summed E-state index contributed by atoms with van der Waals surface area (Å²) < 4.78 is 5.01. The van der Waals surface area contributed by atoms with Crippen LogP contribution in [0.2, 0.25) is 0 Å². The van der Waals surface area contributed by atoms with Gasteiger partial charge >= 0.3 is 0 Å². The van der Waals surface area contributed by atoms with Gasteiger partial charge in [0.15, 0.2) is 0 Å². The number of nitrogens with one attached hydrogen (secondary N) is 1. The Kier molecular flexibility index (Phi) is 5.57. The lowest BCUT2D eigenvalue weighted by molar-refractivity contribution is -0.384. The first-order valence-electron chi connectivity index (χ1n) is 6.17. The number of nitro groups is 1. The van der Waals surface area contributed by atoms with Crippen molar-refractivity contribution in [3.8, 4) is 5.75 Å². The third-order valence-electron chi connectivity index (χ3n) is 2.62. The monoisotopic (exact) mass is 268 g/mol. The van der Waals surface area contributed by atoms with E-state index in [0.29, 0.717) is 30.3 Å². The van der Waals surface area contributed by atoms with Gasteiger partial charge in [-0.3, -0.25) is 10.1 Å². The van der Waals surface area contributed by atoms with Crippen LogP contribution >= 0.6 is 0 Å². The van der Waals surface area contributed by atoms with Gasteiger partial charge in [-0.1, -0.05) is 13.8 Å². The summed E-state index contributed by atoms with van der Waals surface area (Å²) in [5.74, 6) is 0.812. The van der Waals surface area contributed by atoms with Crippen molar-refractivity contribution in [1.82, 2.24) is 0 Å². The normalized spacial score (nSPS) is 12.3. The second-order valence-electron chi connectivity index (χ2n) is 4.84. The van der Waals surface area contributed by atoms with E-state index in [1.54, 1.807) is 6.07 Å². The number of hydrogen-bond donors (Lipinski definition) is 2. The SMILES string of the molecule is COc1cc(NCC(O)CC(C)C)cc([N+](=O)[O-])c1. The van der Waals surface area contributed by atoms with Crippen LogP contribution in [-0.4, -0.2) is 29.8 Å². The lowest BCUT2D eigenvalue weighted by Crippen LogP contribution is -2.21. The Bertz CT molecular complexity index is 435. The maximum absolute atomic E-state index is 10.8. The Balaban J connectivity index is 2.72. The predicted molar refractivity (Wildman–Crippen MR) is 73.6 cm³/mol. The Hall–Kier alpha value is -1.82. The van der Waals surface area contributed by atoms with Crippen molar-refractivity contribution in [2.24, 2.45) is 5.92 Å². The minimum absolute atomic E-state index is 0.0415. The molecule has 2 N–H and O–H groups in total. The highest BCUT2D eigenvalue weighted by molar-refractivity contribution is 5.56. The van der Waals surface area contributed by atoms with Gasteiger partial charge in [0.25, 0.3) is 5.69 Å². The van der Waals surface area contributed by atoms with Crippen LogP contribution in [0.5, 0.6) is 5.75 Å². The highest BCUT2D eigenvalue weighted by Crippen LogP contribution is 2.25. The molecule has 1 rings (SSSR count). The van der Waals surface area contributed by atoms with E-state index in [1.165, 1.54) is 19.2 Å². The lowest BCUT2D eigenvalue weighted by Gasteiger charge is -2.15. The molecule has 1 aromatic carbocycles. The Morgan fingerprint density at radius 1 is 1.42 bits per heavy atom. The third-order valence-corrected chi connectivity index (χ3v) is 2.62. The van der Waals surface area contributed by atoms with Crippen molar-refractivity contribution in [2.75, 3.05) is 19.0 Å². The van der Waals surface area contributed by atoms with Crippen molar-refractivity contribution in [2.45, 2.75) is 26.4 Å². The van der Waals surface area contributed by atoms with Crippen molar-refractivity contribution >= 4 is 11.4 Å². The van der Waals surface area contributed by atoms with Crippen LogP contribution in [0.3, 0.4) is 0 Å². The fraction of sp³-hybridized carbons (Fsp3) is 0.538. The molecule has 0 aliphatic rings. The zero-order valence-electron chi connectivity index (χ0n) is 11.4. The number of nitro benzene ring substituents is 1. The minimum Gasteiger partial charge on any atom is -0.496 e.